The Hall–Kier alpha value is -4.94. The second kappa shape index (κ2) is 13.8. The number of hydrogen-bond donors (Lipinski definition) is 5. The minimum Gasteiger partial charge on any atom is -0.344 e. The minimum atomic E-state index is -0.754. The van der Waals surface area contributed by atoms with E-state index in [2.05, 4.69) is 54.4 Å². The molecule has 0 spiro atoms. The first-order chi connectivity index (χ1) is 22.0. The highest BCUT2D eigenvalue weighted by Crippen LogP contribution is 2.29. The van der Waals surface area contributed by atoms with Crippen LogP contribution < -0.4 is 22.1 Å². The lowest BCUT2D eigenvalue weighted by atomic mass is 9.81. The van der Waals surface area contributed by atoms with E-state index in [0.29, 0.717) is 36.9 Å². The Kier molecular flexibility index (Phi) is 9.22. The molecule has 7 N–H and O–H groups in total. The van der Waals surface area contributed by atoms with Crippen LogP contribution in [0.25, 0.3) is 33.5 Å². The van der Waals surface area contributed by atoms with Gasteiger partial charge in [0.15, 0.2) is 0 Å². The van der Waals surface area contributed by atoms with Crippen molar-refractivity contribution in [3.8, 4) is 22.5 Å². The van der Waals surface area contributed by atoms with Gasteiger partial charge in [0, 0.05) is 36.7 Å². The number of amides is 2. The van der Waals surface area contributed by atoms with Gasteiger partial charge in [-0.25, -0.2) is 4.98 Å². The van der Waals surface area contributed by atoms with Crippen molar-refractivity contribution in [2.24, 2.45) is 23.3 Å². The highest BCUT2D eigenvalue weighted by molar-refractivity contribution is 5.97. The number of H-pyrrole nitrogens is 1. The molecule has 2 amide bonds. The number of fused-ring (bicyclic) bond motifs is 1. The Morgan fingerprint density at radius 1 is 0.933 bits per heavy atom. The quantitative estimate of drug-likeness (QED) is 0.152. The SMILES string of the molecule is NCCn1cnc2cc(-c3ccc(CC(NC(=O)C4CCC(CN)CC4)C(=O)Nc4ccc(-c5nn[nH]n5)cc4)cc3)ccc21. The van der Waals surface area contributed by atoms with Gasteiger partial charge in [0.05, 0.1) is 17.4 Å². The number of nitrogens with zero attached hydrogens (tertiary/aromatic N) is 5. The maximum Gasteiger partial charge on any atom is 0.247 e. The first kappa shape index (κ1) is 30.1. The summed E-state index contributed by atoms with van der Waals surface area (Å²) < 4.78 is 2.05. The van der Waals surface area contributed by atoms with Crippen molar-refractivity contribution < 1.29 is 9.59 Å². The number of nitrogens with two attached hydrogens (primary N) is 2. The molecule has 12 nitrogen and oxygen atoms in total. The fourth-order valence-corrected chi connectivity index (χ4v) is 6.00. The minimum absolute atomic E-state index is 0.0860. The van der Waals surface area contributed by atoms with Crippen LogP contribution >= 0.6 is 0 Å². The molecule has 12 heteroatoms. The highest BCUT2D eigenvalue weighted by atomic mass is 16.2. The molecule has 1 atom stereocenters. The summed E-state index contributed by atoms with van der Waals surface area (Å²) in [6.45, 7) is 1.92. The Labute approximate surface area is 261 Å². The summed E-state index contributed by atoms with van der Waals surface area (Å²) >= 11 is 0. The van der Waals surface area contributed by atoms with E-state index < -0.39 is 6.04 Å². The largest absolute Gasteiger partial charge is 0.344 e. The summed E-state index contributed by atoms with van der Waals surface area (Å²) in [5.41, 5.74) is 17.9. The predicted molar refractivity (Wildman–Crippen MR) is 173 cm³/mol. The molecule has 1 aliphatic carbocycles. The average Bonchev–Trinajstić information content (AvgIpc) is 3.76. The average molecular weight is 607 g/mol. The molecule has 0 saturated heterocycles. The lowest BCUT2D eigenvalue weighted by Gasteiger charge is -2.28. The van der Waals surface area contributed by atoms with Crippen LogP contribution in [0.5, 0.6) is 0 Å². The number of nitrogens with one attached hydrogen (secondary N) is 3. The van der Waals surface area contributed by atoms with E-state index >= 15 is 0 Å². The first-order valence-electron chi connectivity index (χ1n) is 15.4. The molecule has 0 aliphatic heterocycles. The third kappa shape index (κ3) is 7.08. The fourth-order valence-electron chi connectivity index (χ4n) is 6.00. The molecule has 45 heavy (non-hydrogen) atoms. The van der Waals surface area contributed by atoms with Crippen molar-refractivity contribution in [3.05, 3.63) is 78.6 Å². The zero-order valence-electron chi connectivity index (χ0n) is 25.0. The van der Waals surface area contributed by atoms with E-state index in [0.717, 1.165) is 65.5 Å². The number of aromatic amines is 1. The Bertz CT molecular complexity index is 1720. The van der Waals surface area contributed by atoms with Crippen molar-refractivity contribution in [1.82, 2.24) is 35.5 Å². The molecule has 0 bridgehead atoms. The zero-order valence-corrected chi connectivity index (χ0v) is 25.0. The number of aromatic nitrogens is 6. The Morgan fingerprint density at radius 2 is 1.67 bits per heavy atom. The summed E-state index contributed by atoms with van der Waals surface area (Å²) in [6.07, 6.45) is 5.58. The zero-order chi connectivity index (χ0) is 31.2. The van der Waals surface area contributed by atoms with Gasteiger partial charge < -0.3 is 26.7 Å². The number of carbonyl (C=O) groups is 2. The van der Waals surface area contributed by atoms with Crippen LogP contribution in [0.15, 0.2) is 73.1 Å². The third-order valence-electron chi connectivity index (χ3n) is 8.66. The summed E-state index contributed by atoms with van der Waals surface area (Å²) in [4.78, 5) is 31.5. The molecule has 2 aromatic heterocycles. The van der Waals surface area contributed by atoms with Crippen LogP contribution in [0.1, 0.15) is 31.2 Å². The number of rotatable bonds is 11. The van der Waals surface area contributed by atoms with Crippen LogP contribution in [0, 0.1) is 11.8 Å². The van der Waals surface area contributed by atoms with E-state index in [1.807, 2.05) is 47.3 Å². The molecule has 3 aromatic carbocycles. The van der Waals surface area contributed by atoms with Gasteiger partial charge in [0.1, 0.15) is 6.04 Å². The predicted octanol–water partition coefficient (Wildman–Crippen LogP) is 3.27. The van der Waals surface area contributed by atoms with Crippen LogP contribution in [-0.4, -0.2) is 61.1 Å². The van der Waals surface area contributed by atoms with Crippen molar-refractivity contribution in [2.45, 2.75) is 44.7 Å². The van der Waals surface area contributed by atoms with Gasteiger partial charge in [-0.1, -0.05) is 30.3 Å². The Morgan fingerprint density at radius 3 is 2.36 bits per heavy atom. The topological polar surface area (TPSA) is 183 Å². The van der Waals surface area contributed by atoms with Gasteiger partial charge in [-0.15, -0.1) is 10.2 Å². The van der Waals surface area contributed by atoms with Crippen molar-refractivity contribution in [2.75, 3.05) is 18.4 Å². The molecule has 1 fully saturated rings. The van der Waals surface area contributed by atoms with Gasteiger partial charge in [-0.2, -0.15) is 5.21 Å². The summed E-state index contributed by atoms with van der Waals surface area (Å²) in [7, 11) is 0. The van der Waals surface area contributed by atoms with E-state index in [4.69, 9.17) is 11.5 Å². The van der Waals surface area contributed by atoms with Crippen LogP contribution in [0.3, 0.4) is 0 Å². The molecule has 1 unspecified atom stereocenters. The van der Waals surface area contributed by atoms with E-state index in [-0.39, 0.29) is 17.7 Å². The number of hydrogen-bond acceptors (Lipinski definition) is 8. The second-order valence-corrected chi connectivity index (χ2v) is 11.6. The van der Waals surface area contributed by atoms with Crippen molar-refractivity contribution in [1.29, 1.82) is 0 Å². The van der Waals surface area contributed by atoms with Gasteiger partial charge in [-0.05, 0) is 96.4 Å². The van der Waals surface area contributed by atoms with Crippen LogP contribution in [0.2, 0.25) is 0 Å². The van der Waals surface area contributed by atoms with Gasteiger partial charge >= 0.3 is 0 Å². The summed E-state index contributed by atoms with van der Waals surface area (Å²) in [5, 5.41) is 20.0. The third-order valence-corrected chi connectivity index (χ3v) is 8.66. The summed E-state index contributed by atoms with van der Waals surface area (Å²) in [5.74, 6) is 0.436. The standard InChI is InChI=1S/C33H38N10O2/c34-15-16-43-20-36-28-18-26(11-14-30(28)43)23-5-1-21(2-6-23)17-29(38-32(44)25-7-3-22(19-35)4-8-25)33(45)37-27-12-9-24(10-13-27)31-39-41-42-40-31/h1-2,5-6,9-14,18,20,22,25,29H,3-4,7-8,15-17,19,34-35H2,(H,37,45)(H,38,44)(H,39,40,41,42). The number of tetrazole rings is 1. The van der Waals surface area contributed by atoms with E-state index in [1.54, 1.807) is 12.1 Å². The molecular formula is C33H38N10O2. The fraction of sp³-hybridized carbons (Fsp3) is 0.333. The number of carbonyl (C=O) groups excluding carboxylic acids is 2. The molecule has 1 aliphatic rings. The van der Waals surface area contributed by atoms with Crippen molar-refractivity contribution in [3.63, 3.8) is 0 Å². The van der Waals surface area contributed by atoms with E-state index in [1.165, 1.54) is 0 Å². The van der Waals surface area contributed by atoms with Gasteiger partial charge in [0.2, 0.25) is 17.6 Å². The number of imidazole rings is 1. The molecule has 2 heterocycles. The maximum atomic E-state index is 13.6. The molecule has 1 saturated carbocycles. The van der Waals surface area contributed by atoms with Crippen LogP contribution in [0.4, 0.5) is 5.69 Å². The molecule has 232 valence electrons. The van der Waals surface area contributed by atoms with E-state index in [9.17, 15) is 9.59 Å². The Balaban J connectivity index is 1.17. The lowest BCUT2D eigenvalue weighted by molar-refractivity contribution is -0.130. The smallest absolute Gasteiger partial charge is 0.247 e. The molecule has 6 rings (SSSR count). The van der Waals surface area contributed by atoms with Crippen molar-refractivity contribution >= 4 is 28.5 Å². The number of anilines is 1. The molecular weight excluding hydrogens is 568 g/mol. The summed E-state index contributed by atoms with van der Waals surface area (Å²) in [6, 6.07) is 20.7. The lowest BCUT2D eigenvalue weighted by Crippen LogP contribution is -2.48. The molecule has 0 radical (unpaired) electrons. The van der Waals surface area contributed by atoms with Gasteiger partial charge in [-0.3, -0.25) is 9.59 Å². The monoisotopic (exact) mass is 606 g/mol. The molecule has 5 aromatic rings. The highest BCUT2D eigenvalue weighted by Gasteiger charge is 2.29. The van der Waals surface area contributed by atoms with Crippen LogP contribution in [-0.2, 0) is 22.6 Å². The van der Waals surface area contributed by atoms with Gasteiger partial charge in [0.25, 0.3) is 0 Å². The number of benzene rings is 3. The maximum absolute atomic E-state index is 13.6. The normalized spacial score (nSPS) is 17.2. The first-order valence-corrected chi connectivity index (χ1v) is 15.4. The second-order valence-electron chi connectivity index (χ2n) is 11.6.